The smallest absolute Gasteiger partial charge is 0.0992 e. The standard InChI is InChI=1S/C60H38N2.C49H31N3/c1-3-15-39(16-4-1)43-33-44(40-17-5-2-6-18-40)35-46(34-43)62-58-26-14-12-24-53(58)56-37-42(28-32-60(56)62)41-27-31-59-55(36-41)52-23-11-13-25-57(52)61(59)45-29-30-51-49-21-8-7-19-47(49)48-20-9-10-22-50(48)54(51)38-45;50-32-33-12-11-17-40(26-33)51-46-20-9-7-18-42(46)44-30-36(22-24-48(44)51)37-23-25-49-45(31-37)43-19-8-10-21-47(43)52(49)41-28-38(34-13-3-1-4-14-34)27-39(29-41)35-15-5-2-6-16-35/h1-38H;1-31H. The van der Waals surface area contributed by atoms with Gasteiger partial charge >= 0.3 is 0 Å². The molecule has 0 N–H and O–H groups in total. The molecule has 0 aliphatic rings. The summed E-state index contributed by atoms with van der Waals surface area (Å²) in [6.45, 7) is 0. The van der Waals surface area contributed by atoms with Crippen LogP contribution < -0.4 is 0 Å². The highest BCUT2D eigenvalue weighted by Gasteiger charge is 2.22. The Kier molecular flexibility index (Phi) is 15.6. The molecule has 23 aromatic rings. The molecule has 0 atom stereocenters. The second-order valence-corrected chi connectivity index (χ2v) is 29.8. The molecule has 114 heavy (non-hydrogen) atoms. The molecule has 0 aliphatic carbocycles. The van der Waals surface area contributed by atoms with Gasteiger partial charge in [0.15, 0.2) is 0 Å². The maximum Gasteiger partial charge on any atom is 0.0992 e. The van der Waals surface area contributed by atoms with Gasteiger partial charge in [-0.15, -0.1) is 0 Å². The number of hydrogen-bond donors (Lipinski definition) is 0. The van der Waals surface area contributed by atoms with Gasteiger partial charge in [0.1, 0.15) is 0 Å². The second-order valence-electron chi connectivity index (χ2n) is 29.8. The molecule has 5 nitrogen and oxygen atoms in total. The third kappa shape index (κ3) is 11.0. The fourth-order valence-electron chi connectivity index (χ4n) is 18.1. The minimum atomic E-state index is 0.649. The first-order valence-electron chi connectivity index (χ1n) is 39.0. The summed E-state index contributed by atoms with van der Waals surface area (Å²) in [4.78, 5) is 0. The molecule has 5 heteroatoms. The fourth-order valence-corrected chi connectivity index (χ4v) is 18.1. The van der Waals surface area contributed by atoms with Gasteiger partial charge in [0, 0.05) is 65.8 Å². The van der Waals surface area contributed by atoms with E-state index in [4.69, 9.17) is 0 Å². The first-order valence-corrected chi connectivity index (χ1v) is 39.0. The van der Waals surface area contributed by atoms with Crippen LogP contribution in [-0.2, 0) is 0 Å². The number of aromatic nitrogens is 4. The summed E-state index contributed by atoms with van der Waals surface area (Å²) >= 11 is 0. The van der Waals surface area contributed by atoms with Gasteiger partial charge in [-0.2, -0.15) is 5.26 Å². The largest absolute Gasteiger partial charge is 0.309 e. The van der Waals surface area contributed by atoms with Gasteiger partial charge in [-0.3, -0.25) is 0 Å². The highest BCUT2D eigenvalue weighted by Crippen LogP contribution is 2.45. The lowest BCUT2D eigenvalue weighted by atomic mass is 9.94. The summed E-state index contributed by atoms with van der Waals surface area (Å²) in [5, 5.41) is 27.1. The van der Waals surface area contributed by atoms with Gasteiger partial charge < -0.3 is 18.3 Å². The number of rotatable bonds is 10. The van der Waals surface area contributed by atoms with E-state index in [0.29, 0.717) is 5.56 Å². The van der Waals surface area contributed by atoms with Crippen LogP contribution in [0.1, 0.15) is 5.56 Å². The van der Waals surface area contributed by atoms with Crippen LogP contribution in [0.25, 0.3) is 209 Å². The fraction of sp³-hybridized carbons (Fsp3) is 0. The van der Waals surface area contributed by atoms with Crippen LogP contribution in [0.5, 0.6) is 0 Å². The number of nitriles is 1. The molecule has 0 unspecified atom stereocenters. The average Bonchev–Trinajstić information content (AvgIpc) is 1.55. The van der Waals surface area contributed by atoms with E-state index in [2.05, 4.69) is 425 Å². The van der Waals surface area contributed by atoms with E-state index in [1.54, 1.807) is 0 Å². The lowest BCUT2D eigenvalue weighted by Gasteiger charge is -2.14. The molecule has 4 aromatic heterocycles. The van der Waals surface area contributed by atoms with Gasteiger partial charge in [0.25, 0.3) is 0 Å². The average molecular weight is 1450 g/mol. The number of nitrogens with zero attached hydrogens (tertiary/aromatic N) is 5. The zero-order valence-electron chi connectivity index (χ0n) is 62.1. The van der Waals surface area contributed by atoms with Crippen molar-refractivity contribution in [2.24, 2.45) is 0 Å². The highest BCUT2D eigenvalue weighted by atomic mass is 15.0. The van der Waals surface area contributed by atoms with E-state index >= 15 is 0 Å². The summed E-state index contributed by atoms with van der Waals surface area (Å²) in [6.07, 6.45) is 0. The topological polar surface area (TPSA) is 43.5 Å². The Morgan fingerprint density at radius 1 is 0.140 bits per heavy atom. The zero-order chi connectivity index (χ0) is 75.3. The monoisotopic (exact) mass is 1450 g/mol. The van der Waals surface area contributed by atoms with Crippen LogP contribution in [0.4, 0.5) is 0 Å². The Hall–Kier alpha value is -15.4. The van der Waals surface area contributed by atoms with Gasteiger partial charge in [0.2, 0.25) is 0 Å². The number of para-hydroxylation sites is 4. The Morgan fingerprint density at radius 3 is 0.728 bits per heavy atom. The maximum atomic E-state index is 9.61. The first kappa shape index (κ1) is 65.7. The molecule has 0 bridgehead atoms. The minimum absolute atomic E-state index is 0.649. The SMILES string of the molecule is N#Cc1cccc(-n2c3ccccc3c3cc(-c4ccc5c(c4)c4ccccc4n5-c4cc(-c5ccccc5)cc(-c5ccccc5)c4)ccc32)c1.c1ccc(-c2cc(-c3ccccc3)cc(-n3c4ccccc4c4cc(-c5ccc6c(c5)c5ccccc5n6-c5ccc6c7ccccc7c7ccccc7c6c5)ccc43)c2)cc1. The first-order chi connectivity index (χ1) is 56.5. The molecule has 0 radical (unpaired) electrons. The highest BCUT2D eigenvalue weighted by molar-refractivity contribution is 6.26. The van der Waals surface area contributed by atoms with Crippen LogP contribution in [0.3, 0.4) is 0 Å². The summed E-state index contributed by atoms with van der Waals surface area (Å²) < 4.78 is 9.57. The Labute approximate surface area is 658 Å². The quantitative estimate of drug-likeness (QED) is 0.126. The Bertz CT molecular complexity index is 7690. The number of fused-ring (bicyclic) bond motifs is 18. The lowest BCUT2D eigenvalue weighted by molar-refractivity contribution is 1.18. The molecule has 23 rings (SSSR count). The molecule has 0 spiro atoms. The van der Waals surface area contributed by atoms with Crippen molar-refractivity contribution in [3.05, 3.63) is 424 Å². The van der Waals surface area contributed by atoms with Gasteiger partial charge in [0.05, 0.1) is 55.8 Å². The van der Waals surface area contributed by atoms with Crippen molar-refractivity contribution < 1.29 is 0 Å². The predicted molar refractivity (Wildman–Crippen MR) is 480 cm³/mol. The molecular weight excluding hydrogens is 1380 g/mol. The van der Waals surface area contributed by atoms with Crippen molar-refractivity contribution >= 4 is 120 Å². The number of hydrogen-bond acceptors (Lipinski definition) is 1. The summed E-state index contributed by atoms with van der Waals surface area (Å²) in [5.74, 6) is 0. The summed E-state index contributed by atoms with van der Waals surface area (Å²) in [7, 11) is 0. The third-order valence-electron chi connectivity index (χ3n) is 23.4. The lowest BCUT2D eigenvalue weighted by Crippen LogP contribution is -1.96. The van der Waals surface area contributed by atoms with Crippen LogP contribution in [0.2, 0.25) is 0 Å². The van der Waals surface area contributed by atoms with Gasteiger partial charge in [-0.1, -0.05) is 279 Å². The maximum absolute atomic E-state index is 9.61. The van der Waals surface area contributed by atoms with Crippen molar-refractivity contribution in [3.63, 3.8) is 0 Å². The minimum Gasteiger partial charge on any atom is -0.309 e. The normalized spacial score (nSPS) is 11.7. The van der Waals surface area contributed by atoms with Crippen LogP contribution in [-0.4, -0.2) is 18.3 Å². The van der Waals surface area contributed by atoms with Crippen LogP contribution in [0, 0.1) is 11.3 Å². The molecule has 0 fully saturated rings. The molecule has 0 saturated heterocycles. The van der Waals surface area contributed by atoms with E-state index in [1.807, 2.05) is 18.2 Å². The molecule has 0 aliphatic heterocycles. The number of benzene rings is 19. The van der Waals surface area contributed by atoms with Crippen molar-refractivity contribution in [1.82, 2.24) is 18.3 Å². The van der Waals surface area contributed by atoms with Crippen molar-refractivity contribution in [2.75, 3.05) is 0 Å². The molecule has 530 valence electrons. The third-order valence-corrected chi connectivity index (χ3v) is 23.4. The molecule has 0 amide bonds. The van der Waals surface area contributed by atoms with E-state index in [9.17, 15) is 5.26 Å². The van der Waals surface area contributed by atoms with Crippen molar-refractivity contribution in [2.45, 2.75) is 0 Å². The van der Waals surface area contributed by atoms with E-state index in [1.165, 1.54) is 170 Å². The molecule has 0 saturated carbocycles. The Balaban J connectivity index is 0.000000141. The van der Waals surface area contributed by atoms with Crippen molar-refractivity contribution in [3.8, 4) is 95.6 Å². The van der Waals surface area contributed by atoms with Crippen LogP contribution >= 0.6 is 0 Å². The van der Waals surface area contributed by atoms with Gasteiger partial charge in [-0.25, -0.2) is 0 Å². The van der Waals surface area contributed by atoms with Crippen molar-refractivity contribution in [1.29, 1.82) is 5.26 Å². The summed E-state index contributed by atoms with van der Waals surface area (Å²) in [5.41, 5.74) is 28.7. The Morgan fingerprint density at radius 2 is 0.404 bits per heavy atom. The van der Waals surface area contributed by atoms with E-state index in [-0.39, 0.29) is 0 Å². The van der Waals surface area contributed by atoms with Crippen LogP contribution in [0.15, 0.2) is 419 Å². The van der Waals surface area contributed by atoms with Gasteiger partial charge in [-0.05, 0) is 239 Å². The second kappa shape index (κ2) is 27.0. The molecule has 19 aromatic carbocycles. The van der Waals surface area contributed by atoms with E-state index < -0.39 is 0 Å². The molecule has 4 heterocycles. The predicted octanol–water partition coefficient (Wildman–Crippen LogP) is 29.1. The van der Waals surface area contributed by atoms with E-state index in [0.717, 1.165) is 39.3 Å². The summed E-state index contributed by atoms with van der Waals surface area (Å²) in [6, 6.07) is 154. The zero-order valence-corrected chi connectivity index (χ0v) is 62.1. The molecular formula is C109H69N5.